The van der Waals surface area contributed by atoms with E-state index >= 15 is 0 Å². The molecule has 2 heterocycles. The minimum atomic E-state index is -4.42. The van der Waals surface area contributed by atoms with Crippen molar-refractivity contribution in [2.45, 2.75) is 44.6 Å². The van der Waals surface area contributed by atoms with Gasteiger partial charge in [-0.15, -0.1) is 0 Å². The van der Waals surface area contributed by atoms with Crippen LogP contribution in [0.25, 0.3) is 32.7 Å². The normalized spacial score (nSPS) is 15.7. The van der Waals surface area contributed by atoms with Gasteiger partial charge in [-0.1, -0.05) is 67.4 Å². The van der Waals surface area contributed by atoms with E-state index in [1.807, 2.05) is 36.4 Å². The van der Waals surface area contributed by atoms with Gasteiger partial charge in [0.25, 0.3) is 0 Å². The van der Waals surface area contributed by atoms with Crippen molar-refractivity contribution in [2.24, 2.45) is 0 Å². The van der Waals surface area contributed by atoms with Crippen molar-refractivity contribution in [2.75, 3.05) is 5.32 Å². The minimum absolute atomic E-state index is 0.323. The third-order valence-corrected chi connectivity index (χ3v) is 7.78. The predicted octanol–water partition coefficient (Wildman–Crippen LogP) is 6.16. The Bertz CT molecular complexity index is 1280. The first-order valence-electron chi connectivity index (χ1n) is 10.9. The number of thiazole rings is 1. The van der Waals surface area contributed by atoms with E-state index in [0.717, 1.165) is 32.0 Å². The topological polar surface area (TPSA) is 95.6 Å². The summed E-state index contributed by atoms with van der Waals surface area (Å²) in [6, 6.07) is 17.4. The predicted molar refractivity (Wildman–Crippen MR) is 130 cm³/mol. The largest absolute Gasteiger partial charge is 0.448 e. The van der Waals surface area contributed by atoms with E-state index in [9.17, 15) is 14.4 Å². The lowest BCUT2D eigenvalue weighted by atomic mass is 10.0. The molecule has 2 aromatic carbocycles. The number of hydrogen-bond donors (Lipinski definition) is 3. The molecule has 1 aliphatic rings. The second-order valence-electron chi connectivity index (χ2n) is 8.27. The zero-order valence-electron chi connectivity index (χ0n) is 17.5. The Balaban J connectivity index is 1.47. The van der Waals surface area contributed by atoms with Gasteiger partial charge in [0.05, 0.1) is 10.2 Å². The summed E-state index contributed by atoms with van der Waals surface area (Å²) < 4.78 is 18.0. The molecular formula is C24H25N2O4PS. The maximum absolute atomic E-state index is 11.5. The number of nitrogens with one attached hydrogen (secondary N) is 1. The van der Waals surface area contributed by atoms with Crippen LogP contribution in [-0.2, 0) is 4.57 Å². The molecule has 5 rings (SSSR count). The van der Waals surface area contributed by atoms with Gasteiger partial charge in [0.15, 0.2) is 5.13 Å². The third-order valence-electron chi connectivity index (χ3n) is 5.93. The molecule has 2 aromatic heterocycles. The van der Waals surface area contributed by atoms with Crippen LogP contribution in [0.3, 0.4) is 0 Å². The summed E-state index contributed by atoms with van der Waals surface area (Å²) in [5.41, 5.74) is 3.50. The fraction of sp³-hybridized carbons (Fsp3) is 0.292. The van der Waals surface area contributed by atoms with Crippen LogP contribution in [0.2, 0.25) is 0 Å². The Labute approximate surface area is 190 Å². The van der Waals surface area contributed by atoms with Crippen molar-refractivity contribution in [1.82, 2.24) is 4.98 Å². The molecule has 32 heavy (non-hydrogen) atoms. The average Bonchev–Trinajstić information content (AvgIpc) is 3.35. The molecule has 4 aromatic rings. The van der Waals surface area contributed by atoms with Crippen LogP contribution >= 0.6 is 18.9 Å². The molecule has 6 nitrogen and oxygen atoms in total. The van der Waals surface area contributed by atoms with Gasteiger partial charge in [-0.3, -0.25) is 4.57 Å². The Morgan fingerprint density at radius 3 is 2.47 bits per heavy atom. The van der Waals surface area contributed by atoms with Gasteiger partial charge >= 0.3 is 7.60 Å². The zero-order chi connectivity index (χ0) is 22.1. The van der Waals surface area contributed by atoms with Gasteiger partial charge in [0.2, 0.25) is 5.50 Å². The van der Waals surface area contributed by atoms with Crippen LogP contribution in [0.5, 0.6) is 0 Å². The second kappa shape index (κ2) is 8.83. The van der Waals surface area contributed by atoms with E-state index in [1.54, 1.807) is 17.4 Å². The van der Waals surface area contributed by atoms with Crippen molar-refractivity contribution in [1.29, 1.82) is 0 Å². The van der Waals surface area contributed by atoms with E-state index in [1.165, 1.54) is 44.6 Å². The zero-order valence-corrected chi connectivity index (χ0v) is 19.2. The van der Waals surface area contributed by atoms with Crippen LogP contribution in [0.4, 0.5) is 5.13 Å². The molecule has 0 bridgehead atoms. The molecule has 3 N–H and O–H groups in total. The summed E-state index contributed by atoms with van der Waals surface area (Å²) in [6.45, 7) is 0. The Morgan fingerprint density at radius 2 is 1.72 bits per heavy atom. The smallest absolute Gasteiger partial charge is 0.391 e. The number of furan rings is 1. The number of rotatable bonds is 5. The molecule has 0 unspecified atom stereocenters. The number of benzene rings is 2. The van der Waals surface area contributed by atoms with Gasteiger partial charge in [-0.05, 0) is 42.7 Å². The molecule has 8 heteroatoms. The van der Waals surface area contributed by atoms with E-state index in [0.29, 0.717) is 11.8 Å². The van der Waals surface area contributed by atoms with Gasteiger partial charge < -0.3 is 19.5 Å². The molecular weight excluding hydrogens is 443 g/mol. The summed E-state index contributed by atoms with van der Waals surface area (Å²) >= 11 is 1.68. The Hall–Kier alpha value is -2.44. The number of anilines is 1. The first kappa shape index (κ1) is 21.4. The van der Waals surface area contributed by atoms with Gasteiger partial charge in [0, 0.05) is 17.2 Å². The van der Waals surface area contributed by atoms with Crippen LogP contribution in [0.15, 0.2) is 59.0 Å². The quantitative estimate of drug-likeness (QED) is 0.240. The van der Waals surface area contributed by atoms with E-state index in [-0.39, 0.29) is 5.50 Å². The number of hydrogen-bond acceptors (Lipinski definition) is 5. The first-order chi connectivity index (χ1) is 15.5. The SMILES string of the molecule is O=P(O)(O)c1ccc(-c2cccc(-c3cccc4nc(NC5CCCCCC5)sc34)c2)o1. The highest BCUT2D eigenvalue weighted by molar-refractivity contribution is 7.59. The highest BCUT2D eigenvalue weighted by atomic mass is 32.1. The molecule has 0 aliphatic heterocycles. The first-order valence-corrected chi connectivity index (χ1v) is 13.3. The molecule has 1 saturated carbocycles. The van der Waals surface area contributed by atoms with Crippen molar-refractivity contribution >= 4 is 39.8 Å². The fourth-order valence-electron chi connectivity index (χ4n) is 4.32. The molecule has 0 radical (unpaired) electrons. The van der Waals surface area contributed by atoms with Crippen molar-refractivity contribution in [3.8, 4) is 22.5 Å². The lowest BCUT2D eigenvalue weighted by molar-refractivity contribution is 0.377. The van der Waals surface area contributed by atoms with Crippen molar-refractivity contribution in [3.05, 3.63) is 54.6 Å². The van der Waals surface area contributed by atoms with Gasteiger partial charge in [-0.25, -0.2) is 4.98 Å². The van der Waals surface area contributed by atoms with Gasteiger partial charge in [-0.2, -0.15) is 0 Å². The van der Waals surface area contributed by atoms with Crippen LogP contribution < -0.4 is 10.8 Å². The van der Waals surface area contributed by atoms with Crippen molar-refractivity contribution < 1.29 is 18.8 Å². The molecule has 1 aliphatic carbocycles. The Kier molecular flexibility index (Phi) is 5.91. The lowest BCUT2D eigenvalue weighted by Gasteiger charge is -2.14. The van der Waals surface area contributed by atoms with Crippen LogP contribution in [0.1, 0.15) is 38.5 Å². The highest BCUT2D eigenvalue weighted by Gasteiger charge is 2.22. The summed E-state index contributed by atoms with van der Waals surface area (Å²) in [6.07, 6.45) is 7.59. The van der Waals surface area contributed by atoms with Crippen molar-refractivity contribution in [3.63, 3.8) is 0 Å². The average molecular weight is 469 g/mol. The molecule has 166 valence electrons. The lowest BCUT2D eigenvalue weighted by Crippen LogP contribution is -2.17. The molecule has 0 atom stereocenters. The van der Waals surface area contributed by atoms with Crippen LogP contribution in [-0.4, -0.2) is 20.8 Å². The standard InChI is InChI=1S/C24H25N2O4PS/c27-31(28,29)22-14-13-21(30-22)17-8-5-7-16(15-17)19-11-6-12-20-23(19)32-24(26-20)25-18-9-3-1-2-4-10-18/h5-8,11-15,18H,1-4,9-10H2,(H,25,26)(H2,27,28,29). The maximum Gasteiger partial charge on any atom is 0.391 e. The maximum atomic E-state index is 11.5. The monoisotopic (exact) mass is 468 g/mol. The summed E-state index contributed by atoms with van der Waals surface area (Å²) in [5.74, 6) is 0.428. The number of nitrogens with zero attached hydrogens (tertiary/aromatic N) is 1. The second-order valence-corrected chi connectivity index (χ2v) is 10.8. The van der Waals surface area contributed by atoms with Crippen LogP contribution in [0, 0.1) is 0 Å². The summed E-state index contributed by atoms with van der Waals surface area (Å²) in [7, 11) is -4.42. The number of fused-ring (bicyclic) bond motifs is 1. The van der Waals surface area contributed by atoms with E-state index in [4.69, 9.17) is 9.40 Å². The fourth-order valence-corrected chi connectivity index (χ4v) is 5.88. The molecule has 0 amide bonds. The van der Waals surface area contributed by atoms with E-state index in [2.05, 4.69) is 11.4 Å². The van der Waals surface area contributed by atoms with E-state index < -0.39 is 7.60 Å². The third kappa shape index (κ3) is 4.52. The number of aromatic nitrogens is 1. The molecule has 1 fully saturated rings. The minimum Gasteiger partial charge on any atom is -0.448 e. The highest BCUT2D eigenvalue weighted by Crippen LogP contribution is 2.38. The Morgan fingerprint density at radius 1 is 0.969 bits per heavy atom. The summed E-state index contributed by atoms with van der Waals surface area (Å²) in [5, 5.41) is 4.63. The molecule has 0 spiro atoms. The molecule has 0 saturated heterocycles. The summed E-state index contributed by atoms with van der Waals surface area (Å²) in [4.78, 5) is 23.5. The van der Waals surface area contributed by atoms with Gasteiger partial charge in [0.1, 0.15) is 5.76 Å².